The summed E-state index contributed by atoms with van der Waals surface area (Å²) in [4.78, 5) is 24.6. The average Bonchev–Trinajstić information content (AvgIpc) is 2.83. The number of amides is 2. The lowest BCUT2D eigenvalue weighted by molar-refractivity contribution is -0.142. The monoisotopic (exact) mass is 294 g/mol. The fourth-order valence-electron chi connectivity index (χ4n) is 2.62. The number of nitrogens with zero attached hydrogens (tertiary/aromatic N) is 1. The van der Waals surface area contributed by atoms with E-state index in [0.717, 1.165) is 5.56 Å². The molecule has 114 valence electrons. The standard InChI is InChI=1S/C15H19FN2O3/c1-10-13(14(19)20)7-9-18(10)15(21)17-8-6-11-2-4-12(16)5-3-11/h2-5,10,13H,6-9H2,1H3,(H,17,21)(H,19,20). The maximum atomic E-state index is 12.8. The molecule has 2 N–H and O–H groups in total. The van der Waals surface area contributed by atoms with E-state index in [4.69, 9.17) is 5.11 Å². The Labute approximate surface area is 122 Å². The molecule has 5 nitrogen and oxygen atoms in total. The summed E-state index contributed by atoms with van der Waals surface area (Å²) >= 11 is 0. The molecule has 21 heavy (non-hydrogen) atoms. The highest BCUT2D eigenvalue weighted by atomic mass is 19.1. The number of nitrogens with one attached hydrogen (secondary N) is 1. The van der Waals surface area contributed by atoms with Crippen molar-refractivity contribution in [3.8, 4) is 0 Å². The zero-order chi connectivity index (χ0) is 15.4. The maximum absolute atomic E-state index is 12.8. The highest BCUT2D eigenvalue weighted by Gasteiger charge is 2.37. The summed E-state index contributed by atoms with van der Waals surface area (Å²) in [6.45, 7) is 2.65. The number of urea groups is 1. The smallest absolute Gasteiger partial charge is 0.317 e. The van der Waals surface area contributed by atoms with E-state index in [2.05, 4.69) is 5.32 Å². The van der Waals surface area contributed by atoms with Gasteiger partial charge in [0.15, 0.2) is 0 Å². The van der Waals surface area contributed by atoms with Crippen LogP contribution in [0.2, 0.25) is 0 Å². The molecule has 0 saturated carbocycles. The second kappa shape index (κ2) is 6.56. The molecule has 2 rings (SSSR count). The van der Waals surface area contributed by atoms with Crippen molar-refractivity contribution in [2.45, 2.75) is 25.8 Å². The Morgan fingerprint density at radius 2 is 2.05 bits per heavy atom. The van der Waals surface area contributed by atoms with Gasteiger partial charge in [-0.2, -0.15) is 0 Å². The molecular weight excluding hydrogens is 275 g/mol. The van der Waals surface area contributed by atoms with Crippen LogP contribution >= 0.6 is 0 Å². The van der Waals surface area contributed by atoms with Crippen LogP contribution in [0.1, 0.15) is 18.9 Å². The lowest BCUT2D eigenvalue weighted by Crippen LogP contribution is -2.44. The fraction of sp³-hybridized carbons (Fsp3) is 0.467. The molecule has 6 heteroatoms. The zero-order valence-corrected chi connectivity index (χ0v) is 11.9. The van der Waals surface area contributed by atoms with Crippen molar-refractivity contribution < 1.29 is 19.1 Å². The van der Waals surface area contributed by atoms with Crippen molar-refractivity contribution in [3.05, 3.63) is 35.6 Å². The summed E-state index contributed by atoms with van der Waals surface area (Å²) < 4.78 is 12.8. The van der Waals surface area contributed by atoms with Gasteiger partial charge >= 0.3 is 12.0 Å². The van der Waals surface area contributed by atoms with Crippen molar-refractivity contribution in [2.24, 2.45) is 5.92 Å². The van der Waals surface area contributed by atoms with Crippen molar-refractivity contribution in [1.82, 2.24) is 10.2 Å². The van der Waals surface area contributed by atoms with Crippen LogP contribution in [0.5, 0.6) is 0 Å². The summed E-state index contributed by atoms with van der Waals surface area (Å²) in [6, 6.07) is 5.59. The SMILES string of the molecule is CC1C(C(=O)O)CCN1C(=O)NCCc1ccc(F)cc1. The van der Waals surface area contributed by atoms with E-state index in [1.807, 2.05) is 0 Å². The van der Waals surface area contributed by atoms with Gasteiger partial charge in [0, 0.05) is 19.1 Å². The van der Waals surface area contributed by atoms with Gasteiger partial charge < -0.3 is 15.3 Å². The Kier molecular flexibility index (Phi) is 4.77. The van der Waals surface area contributed by atoms with Gasteiger partial charge in [0.2, 0.25) is 0 Å². The second-order valence-electron chi connectivity index (χ2n) is 5.28. The van der Waals surface area contributed by atoms with Crippen LogP contribution in [-0.4, -0.2) is 41.1 Å². The number of carbonyl (C=O) groups excluding carboxylic acids is 1. The Hall–Kier alpha value is -2.11. The molecule has 1 aromatic carbocycles. The Morgan fingerprint density at radius 1 is 1.38 bits per heavy atom. The topological polar surface area (TPSA) is 69.6 Å². The Morgan fingerprint density at radius 3 is 2.62 bits per heavy atom. The van der Waals surface area contributed by atoms with E-state index in [9.17, 15) is 14.0 Å². The summed E-state index contributed by atoms with van der Waals surface area (Å²) in [7, 11) is 0. The van der Waals surface area contributed by atoms with Gasteiger partial charge in [-0.3, -0.25) is 4.79 Å². The van der Waals surface area contributed by atoms with Crippen LogP contribution in [0.15, 0.2) is 24.3 Å². The summed E-state index contributed by atoms with van der Waals surface area (Å²) in [5, 5.41) is 11.8. The van der Waals surface area contributed by atoms with E-state index in [1.54, 1.807) is 24.0 Å². The van der Waals surface area contributed by atoms with Crippen LogP contribution < -0.4 is 5.32 Å². The number of halogens is 1. The molecule has 1 aromatic rings. The molecule has 0 spiro atoms. The van der Waals surface area contributed by atoms with Crippen LogP contribution in [-0.2, 0) is 11.2 Å². The largest absolute Gasteiger partial charge is 0.481 e. The highest BCUT2D eigenvalue weighted by molar-refractivity contribution is 5.78. The van der Waals surface area contributed by atoms with Gasteiger partial charge in [-0.1, -0.05) is 12.1 Å². The van der Waals surface area contributed by atoms with E-state index in [-0.39, 0.29) is 17.9 Å². The van der Waals surface area contributed by atoms with E-state index in [0.29, 0.717) is 25.9 Å². The maximum Gasteiger partial charge on any atom is 0.317 e. The molecule has 1 aliphatic rings. The molecule has 1 fully saturated rings. The van der Waals surface area contributed by atoms with Crippen LogP contribution in [0, 0.1) is 11.7 Å². The average molecular weight is 294 g/mol. The van der Waals surface area contributed by atoms with Crippen LogP contribution in [0.25, 0.3) is 0 Å². The number of likely N-dealkylation sites (tertiary alicyclic amines) is 1. The minimum atomic E-state index is -0.857. The van der Waals surface area contributed by atoms with E-state index >= 15 is 0 Å². The van der Waals surface area contributed by atoms with Gasteiger partial charge in [-0.05, 0) is 37.5 Å². The first-order valence-corrected chi connectivity index (χ1v) is 7.00. The minimum absolute atomic E-state index is 0.242. The van der Waals surface area contributed by atoms with Gasteiger partial charge in [0.05, 0.1) is 5.92 Å². The predicted molar refractivity (Wildman–Crippen MR) is 75.4 cm³/mol. The number of benzene rings is 1. The van der Waals surface area contributed by atoms with Crippen molar-refractivity contribution in [2.75, 3.05) is 13.1 Å². The first-order chi connectivity index (χ1) is 9.99. The number of hydrogen-bond acceptors (Lipinski definition) is 2. The lowest BCUT2D eigenvalue weighted by atomic mass is 10.0. The third kappa shape index (κ3) is 3.71. The number of carboxylic acids is 1. The van der Waals surface area contributed by atoms with Crippen LogP contribution in [0.4, 0.5) is 9.18 Å². The van der Waals surface area contributed by atoms with Gasteiger partial charge in [-0.15, -0.1) is 0 Å². The number of aliphatic carboxylic acids is 1. The lowest BCUT2D eigenvalue weighted by Gasteiger charge is -2.23. The number of hydrogen-bond donors (Lipinski definition) is 2. The summed E-state index contributed by atoms with van der Waals surface area (Å²) in [5.74, 6) is -1.63. The molecule has 2 unspecified atom stereocenters. The first kappa shape index (κ1) is 15.3. The van der Waals surface area contributed by atoms with Crippen molar-refractivity contribution in [3.63, 3.8) is 0 Å². The molecule has 1 saturated heterocycles. The van der Waals surface area contributed by atoms with E-state index in [1.165, 1.54) is 12.1 Å². The minimum Gasteiger partial charge on any atom is -0.481 e. The molecule has 0 aliphatic carbocycles. The molecule has 0 aromatic heterocycles. The molecule has 1 heterocycles. The zero-order valence-electron chi connectivity index (χ0n) is 11.9. The first-order valence-electron chi connectivity index (χ1n) is 7.00. The number of carboxylic acid groups (broad SMARTS) is 1. The van der Waals surface area contributed by atoms with Gasteiger partial charge in [0.25, 0.3) is 0 Å². The van der Waals surface area contributed by atoms with Gasteiger partial charge in [-0.25, -0.2) is 9.18 Å². The fourth-order valence-corrected chi connectivity index (χ4v) is 2.62. The van der Waals surface area contributed by atoms with Crippen molar-refractivity contribution in [1.29, 1.82) is 0 Å². The number of carbonyl (C=O) groups is 2. The molecular formula is C15H19FN2O3. The second-order valence-corrected chi connectivity index (χ2v) is 5.28. The summed E-state index contributed by atoms with van der Waals surface area (Å²) in [5.41, 5.74) is 0.939. The third-order valence-electron chi connectivity index (χ3n) is 3.94. The number of rotatable bonds is 4. The van der Waals surface area contributed by atoms with Gasteiger partial charge in [0.1, 0.15) is 5.82 Å². The summed E-state index contributed by atoms with van der Waals surface area (Å²) in [6.07, 6.45) is 1.10. The van der Waals surface area contributed by atoms with Crippen LogP contribution in [0.3, 0.4) is 0 Å². The predicted octanol–water partition coefficient (Wildman–Crippen LogP) is 1.87. The molecule has 1 aliphatic heterocycles. The molecule has 2 atom stereocenters. The van der Waals surface area contributed by atoms with E-state index < -0.39 is 11.9 Å². The van der Waals surface area contributed by atoms with Crippen molar-refractivity contribution >= 4 is 12.0 Å². The normalized spacial score (nSPS) is 21.3. The molecule has 0 bridgehead atoms. The Bertz CT molecular complexity index is 518. The third-order valence-corrected chi connectivity index (χ3v) is 3.94. The Balaban J connectivity index is 1.80. The molecule has 2 amide bonds. The molecule has 0 radical (unpaired) electrons. The quantitative estimate of drug-likeness (QED) is 0.890. The highest BCUT2D eigenvalue weighted by Crippen LogP contribution is 2.24.